The quantitative estimate of drug-likeness (QED) is 0.472. The Morgan fingerprint density at radius 1 is 0.909 bits per heavy atom. The van der Waals surface area contributed by atoms with E-state index in [0.717, 1.165) is 36.2 Å². The summed E-state index contributed by atoms with van der Waals surface area (Å²) in [5.41, 5.74) is 3.12. The van der Waals surface area contributed by atoms with Crippen LogP contribution in [0.1, 0.15) is 41.6 Å². The number of hydrogen-bond acceptors (Lipinski definition) is 6. The molecule has 5 rings (SSSR count). The first-order valence-corrected chi connectivity index (χ1v) is 11.1. The lowest BCUT2D eigenvalue weighted by Crippen LogP contribution is -2.39. The van der Waals surface area contributed by atoms with E-state index in [0.29, 0.717) is 23.9 Å². The standard InChI is InChI=1S/C26H24N6O/c33-26(21-10-4-6-14-28-21)32-17-7-5-11-23(32)25-30-22(19-12-15-27-16-13-19)18-24(31-25)29-20-8-2-1-3-9-20/h1-4,6,8-10,12-16,18,23H,5,7,11,17H2,(H,29,30,31)/t23-/m1/s1. The molecule has 1 amide bonds. The highest BCUT2D eigenvalue weighted by molar-refractivity contribution is 5.92. The second-order valence-corrected chi connectivity index (χ2v) is 7.95. The summed E-state index contributed by atoms with van der Waals surface area (Å²) >= 11 is 0. The zero-order valence-corrected chi connectivity index (χ0v) is 18.1. The third-order valence-corrected chi connectivity index (χ3v) is 5.71. The van der Waals surface area contributed by atoms with Crippen LogP contribution in [0.3, 0.4) is 0 Å². The van der Waals surface area contributed by atoms with Gasteiger partial charge in [-0.05, 0) is 55.7 Å². The maximum absolute atomic E-state index is 13.3. The van der Waals surface area contributed by atoms with Gasteiger partial charge in [0, 0.05) is 42.5 Å². The molecule has 0 unspecified atom stereocenters. The number of amides is 1. The first kappa shape index (κ1) is 20.8. The van der Waals surface area contributed by atoms with Crippen LogP contribution in [0.2, 0.25) is 0 Å². The van der Waals surface area contributed by atoms with Crippen LogP contribution in [0.25, 0.3) is 11.3 Å². The van der Waals surface area contributed by atoms with Crippen LogP contribution in [-0.4, -0.2) is 37.3 Å². The Hall–Kier alpha value is -4.13. The number of likely N-dealkylation sites (tertiary alicyclic amines) is 1. The average Bonchev–Trinajstić information content (AvgIpc) is 2.90. The molecule has 0 radical (unpaired) electrons. The van der Waals surface area contributed by atoms with Gasteiger partial charge in [0.2, 0.25) is 0 Å². The molecule has 1 aromatic carbocycles. The molecule has 4 heterocycles. The number of nitrogens with one attached hydrogen (secondary N) is 1. The van der Waals surface area contributed by atoms with Gasteiger partial charge in [-0.3, -0.25) is 14.8 Å². The molecule has 1 N–H and O–H groups in total. The van der Waals surface area contributed by atoms with E-state index in [2.05, 4.69) is 15.3 Å². The molecule has 1 saturated heterocycles. The van der Waals surface area contributed by atoms with Crippen molar-refractivity contribution in [3.63, 3.8) is 0 Å². The van der Waals surface area contributed by atoms with E-state index in [-0.39, 0.29) is 11.9 Å². The maximum Gasteiger partial charge on any atom is 0.273 e. The van der Waals surface area contributed by atoms with Crippen molar-refractivity contribution in [1.82, 2.24) is 24.8 Å². The number of hydrogen-bond donors (Lipinski definition) is 1. The third kappa shape index (κ3) is 4.72. The number of benzene rings is 1. The average molecular weight is 437 g/mol. The molecular formula is C26H24N6O. The molecule has 164 valence electrons. The number of carbonyl (C=O) groups excluding carboxylic acids is 1. The van der Waals surface area contributed by atoms with E-state index in [1.54, 1.807) is 24.7 Å². The number of aromatic nitrogens is 4. The predicted octanol–water partition coefficient (Wildman–Crippen LogP) is 5.04. The highest BCUT2D eigenvalue weighted by Gasteiger charge is 2.31. The molecule has 1 atom stereocenters. The smallest absolute Gasteiger partial charge is 0.273 e. The lowest BCUT2D eigenvalue weighted by molar-refractivity contribution is 0.0594. The molecule has 4 aromatic rings. The zero-order chi connectivity index (χ0) is 22.5. The fraction of sp³-hybridized carbons (Fsp3) is 0.192. The molecule has 7 nitrogen and oxygen atoms in total. The van der Waals surface area contributed by atoms with Crippen LogP contribution in [0, 0.1) is 0 Å². The molecule has 0 aliphatic carbocycles. The highest BCUT2D eigenvalue weighted by atomic mass is 16.2. The van der Waals surface area contributed by atoms with Crippen molar-refractivity contribution in [1.29, 1.82) is 0 Å². The van der Waals surface area contributed by atoms with Gasteiger partial charge in [0.15, 0.2) is 5.82 Å². The molecule has 1 fully saturated rings. The van der Waals surface area contributed by atoms with Crippen LogP contribution in [-0.2, 0) is 0 Å². The summed E-state index contributed by atoms with van der Waals surface area (Å²) in [5, 5.41) is 3.39. The van der Waals surface area contributed by atoms with Gasteiger partial charge in [-0.2, -0.15) is 0 Å². The summed E-state index contributed by atoms with van der Waals surface area (Å²) in [7, 11) is 0. The second kappa shape index (κ2) is 9.56. The van der Waals surface area contributed by atoms with Crippen LogP contribution in [0.4, 0.5) is 11.5 Å². The summed E-state index contributed by atoms with van der Waals surface area (Å²) < 4.78 is 0. The number of piperidine rings is 1. The molecule has 1 aliphatic rings. The van der Waals surface area contributed by atoms with E-state index in [4.69, 9.17) is 9.97 Å². The molecular weight excluding hydrogens is 412 g/mol. The Morgan fingerprint density at radius 3 is 2.52 bits per heavy atom. The van der Waals surface area contributed by atoms with Crippen molar-refractivity contribution in [2.75, 3.05) is 11.9 Å². The fourth-order valence-electron chi connectivity index (χ4n) is 4.10. The lowest BCUT2D eigenvalue weighted by Gasteiger charge is -2.34. The Labute approximate surface area is 192 Å². The SMILES string of the molecule is O=C(c1ccccn1)N1CCCC[C@@H]1c1nc(Nc2ccccc2)cc(-c2ccncc2)n1. The largest absolute Gasteiger partial charge is 0.340 e. The van der Waals surface area contributed by atoms with Crippen LogP contribution in [0.15, 0.2) is 85.3 Å². The van der Waals surface area contributed by atoms with Gasteiger partial charge < -0.3 is 10.2 Å². The number of rotatable bonds is 5. The molecule has 0 spiro atoms. The van der Waals surface area contributed by atoms with Crippen molar-refractivity contribution in [3.8, 4) is 11.3 Å². The van der Waals surface area contributed by atoms with E-state index in [1.165, 1.54) is 0 Å². The number of para-hydroxylation sites is 1. The Kier molecular flexibility index (Phi) is 6.01. The Balaban J connectivity index is 1.55. The monoisotopic (exact) mass is 436 g/mol. The maximum atomic E-state index is 13.3. The number of nitrogens with zero attached hydrogens (tertiary/aromatic N) is 5. The summed E-state index contributed by atoms with van der Waals surface area (Å²) in [6.45, 7) is 0.657. The normalized spacial score (nSPS) is 15.8. The molecule has 0 saturated carbocycles. The molecule has 1 aliphatic heterocycles. The zero-order valence-electron chi connectivity index (χ0n) is 18.1. The van der Waals surface area contributed by atoms with E-state index in [1.807, 2.05) is 65.6 Å². The van der Waals surface area contributed by atoms with Gasteiger partial charge >= 0.3 is 0 Å². The van der Waals surface area contributed by atoms with Gasteiger partial charge in [0.25, 0.3) is 5.91 Å². The Morgan fingerprint density at radius 2 is 1.73 bits per heavy atom. The highest BCUT2D eigenvalue weighted by Crippen LogP contribution is 2.32. The van der Waals surface area contributed by atoms with E-state index >= 15 is 0 Å². The number of carbonyl (C=O) groups is 1. The van der Waals surface area contributed by atoms with Gasteiger partial charge in [0.05, 0.1) is 11.7 Å². The van der Waals surface area contributed by atoms with Crippen molar-refractivity contribution in [2.24, 2.45) is 0 Å². The lowest BCUT2D eigenvalue weighted by atomic mass is 10.0. The van der Waals surface area contributed by atoms with Crippen molar-refractivity contribution < 1.29 is 4.79 Å². The summed E-state index contributed by atoms with van der Waals surface area (Å²) in [6.07, 6.45) is 7.92. The fourth-order valence-corrected chi connectivity index (χ4v) is 4.10. The predicted molar refractivity (Wildman–Crippen MR) is 127 cm³/mol. The minimum absolute atomic E-state index is 0.0872. The Bertz CT molecular complexity index is 1220. The van der Waals surface area contributed by atoms with Gasteiger partial charge in [0.1, 0.15) is 11.5 Å². The summed E-state index contributed by atoms with van der Waals surface area (Å²) in [6, 6.07) is 20.9. The van der Waals surface area contributed by atoms with Crippen LogP contribution >= 0.6 is 0 Å². The molecule has 33 heavy (non-hydrogen) atoms. The number of anilines is 2. The van der Waals surface area contributed by atoms with Crippen molar-refractivity contribution in [3.05, 3.63) is 96.8 Å². The molecule has 3 aromatic heterocycles. The third-order valence-electron chi connectivity index (χ3n) is 5.71. The van der Waals surface area contributed by atoms with E-state index < -0.39 is 0 Å². The van der Waals surface area contributed by atoms with Gasteiger partial charge in [-0.1, -0.05) is 24.3 Å². The minimum Gasteiger partial charge on any atom is -0.340 e. The van der Waals surface area contributed by atoms with Crippen molar-refractivity contribution >= 4 is 17.4 Å². The molecule has 0 bridgehead atoms. The topological polar surface area (TPSA) is 83.9 Å². The first-order chi connectivity index (χ1) is 16.3. The van der Waals surface area contributed by atoms with E-state index in [9.17, 15) is 4.79 Å². The minimum atomic E-state index is -0.216. The first-order valence-electron chi connectivity index (χ1n) is 11.1. The van der Waals surface area contributed by atoms with Gasteiger partial charge in [-0.25, -0.2) is 9.97 Å². The van der Waals surface area contributed by atoms with Crippen LogP contribution < -0.4 is 5.32 Å². The van der Waals surface area contributed by atoms with Gasteiger partial charge in [-0.15, -0.1) is 0 Å². The van der Waals surface area contributed by atoms with Crippen molar-refractivity contribution in [2.45, 2.75) is 25.3 Å². The summed E-state index contributed by atoms with van der Waals surface area (Å²) in [5.74, 6) is 1.23. The summed E-state index contributed by atoms with van der Waals surface area (Å²) in [4.78, 5) is 33.3. The number of pyridine rings is 2. The second-order valence-electron chi connectivity index (χ2n) is 7.95. The molecule has 7 heteroatoms. The van der Waals surface area contributed by atoms with Crippen LogP contribution in [0.5, 0.6) is 0 Å².